The second-order valence-electron chi connectivity index (χ2n) is 5.72. The molecule has 0 unspecified atom stereocenters. The Kier molecular flexibility index (Phi) is 7.47. The van der Waals surface area contributed by atoms with Crippen LogP contribution in [-0.4, -0.2) is 30.3 Å². The van der Waals surface area contributed by atoms with E-state index in [0.29, 0.717) is 5.56 Å². The Morgan fingerprint density at radius 2 is 1.76 bits per heavy atom. The predicted molar refractivity (Wildman–Crippen MR) is 103 cm³/mol. The molecule has 2 rings (SSSR count). The molecule has 0 heterocycles. The highest BCUT2D eigenvalue weighted by Crippen LogP contribution is 2.31. The Balaban J connectivity index is 2.39. The Labute approximate surface area is 166 Å². The van der Waals surface area contributed by atoms with Crippen molar-refractivity contribution in [2.24, 2.45) is 0 Å². The van der Waals surface area contributed by atoms with E-state index >= 15 is 0 Å². The molecule has 0 aliphatic rings. The van der Waals surface area contributed by atoms with Crippen LogP contribution in [0.1, 0.15) is 19.4 Å². The van der Waals surface area contributed by atoms with E-state index in [9.17, 15) is 24.1 Å². The van der Waals surface area contributed by atoms with Gasteiger partial charge in [0.15, 0.2) is 0 Å². The number of amides is 2. The van der Waals surface area contributed by atoms with Gasteiger partial charge in [-0.05, 0) is 43.7 Å². The van der Waals surface area contributed by atoms with E-state index in [1.165, 1.54) is 41.3 Å². The van der Waals surface area contributed by atoms with Crippen LogP contribution in [0.15, 0.2) is 42.5 Å². The third-order valence-electron chi connectivity index (χ3n) is 3.74. The number of benzene rings is 2. The van der Waals surface area contributed by atoms with Gasteiger partial charge in [-0.1, -0.05) is 12.1 Å². The SMILES string of the molecule is CCOC(=O)Nc1ccc(N(Cc2ccc(F)cc2)C(=O)OCC)cc1[N+](=O)[O-]. The zero-order valence-electron chi connectivity index (χ0n) is 15.9. The van der Waals surface area contributed by atoms with Crippen LogP contribution in [0.25, 0.3) is 0 Å². The van der Waals surface area contributed by atoms with Crippen molar-refractivity contribution in [3.05, 3.63) is 64.0 Å². The van der Waals surface area contributed by atoms with Gasteiger partial charge in [-0.3, -0.25) is 20.3 Å². The van der Waals surface area contributed by atoms with Crippen LogP contribution < -0.4 is 10.2 Å². The lowest BCUT2D eigenvalue weighted by Crippen LogP contribution is -2.31. The monoisotopic (exact) mass is 405 g/mol. The maximum atomic E-state index is 13.1. The summed E-state index contributed by atoms with van der Waals surface area (Å²) in [6.45, 7) is 3.43. The maximum Gasteiger partial charge on any atom is 0.414 e. The molecule has 29 heavy (non-hydrogen) atoms. The third-order valence-corrected chi connectivity index (χ3v) is 3.74. The first-order valence-electron chi connectivity index (χ1n) is 8.76. The molecule has 0 radical (unpaired) electrons. The number of carbonyl (C=O) groups is 2. The first-order chi connectivity index (χ1) is 13.8. The highest BCUT2D eigenvalue weighted by molar-refractivity contribution is 5.92. The summed E-state index contributed by atoms with van der Waals surface area (Å²) in [5.74, 6) is -0.429. The number of nitrogens with one attached hydrogen (secondary N) is 1. The van der Waals surface area contributed by atoms with Gasteiger partial charge in [0.1, 0.15) is 11.5 Å². The molecule has 0 aliphatic heterocycles. The van der Waals surface area contributed by atoms with Gasteiger partial charge < -0.3 is 9.47 Å². The van der Waals surface area contributed by atoms with E-state index in [1.54, 1.807) is 13.8 Å². The number of nitro groups is 1. The second kappa shape index (κ2) is 10.0. The molecule has 9 nitrogen and oxygen atoms in total. The van der Waals surface area contributed by atoms with Crippen LogP contribution in [0.2, 0.25) is 0 Å². The third kappa shape index (κ3) is 5.89. The molecule has 10 heteroatoms. The molecule has 0 saturated carbocycles. The van der Waals surface area contributed by atoms with Crippen LogP contribution >= 0.6 is 0 Å². The number of hydrogen-bond donors (Lipinski definition) is 1. The Bertz CT molecular complexity index is 888. The molecule has 0 aromatic heterocycles. The summed E-state index contributed by atoms with van der Waals surface area (Å²) >= 11 is 0. The Hall–Kier alpha value is -3.69. The van der Waals surface area contributed by atoms with Crippen LogP contribution in [0.5, 0.6) is 0 Å². The molecule has 0 saturated heterocycles. The average molecular weight is 405 g/mol. The molecule has 0 fully saturated rings. The largest absolute Gasteiger partial charge is 0.450 e. The van der Waals surface area contributed by atoms with E-state index in [1.807, 2.05) is 0 Å². The van der Waals surface area contributed by atoms with Crippen molar-refractivity contribution in [1.29, 1.82) is 0 Å². The molecule has 0 aliphatic carbocycles. The van der Waals surface area contributed by atoms with Gasteiger partial charge in [0.2, 0.25) is 0 Å². The van der Waals surface area contributed by atoms with E-state index in [4.69, 9.17) is 9.47 Å². The fourth-order valence-electron chi connectivity index (χ4n) is 2.46. The first kappa shape index (κ1) is 21.6. The van der Waals surface area contributed by atoms with Crippen LogP contribution in [-0.2, 0) is 16.0 Å². The molecule has 2 amide bonds. The number of ether oxygens (including phenoxy) is 2. The number of carbonyl (C=O) groups excluding carboxylic acids is 2. The summed E-state index contributed by atoms with van der Waals surface area (Å²) in [5, 5.41) is 13.8. The van der Waals surface area contributed by atoms with Crippen molar-refractivity contribution in [2.75, 3.05) is 23.4 Å². The maximum absolute atomic E-state index is 13.1. The van der Waals surface area contributed by atoms with Gasteiger partial charge in [-0.25, -0.2) is 14.0 Å². The fraction of sp³-hybridized carbons (Fsp3) is 0.263. The number of nitro benzene ring substituents is 1. The molecule has 0 bridgehead atoms. The topological polar surface area (TPSA) is 111 Å². The van der Waals surface area contributed by atoms with Crippen molar-refractivity contribution in [1.82, 2.24) is 0 Å². The van der Waals surface area contributed by atoms with Crippen molar-refractivity contribution in [2.45, 2.75) is 20.4 Å². The van der Waals surface area contributed by atoms with Gasteiger partial charge in [0, 0.05) is 6.07 Å². The van der Waals surface area contributed by atoms with Crippen molar-refractivity contribution < 1.29 is 28.4 Å². The van der Waals surface area contributed by atoms with Crippen LogP contribution in [0.3, 0.4) is 0 Å². The number of halogens is 1. The first-order valence-corrected chi connectivity index (χ1v) is 8.76. The minimum Gasteiger partial charge on any atom is -0.450 e. The number of anilines is 2. The highest BCUT2D eigenvalue weighted by atomic mass is 19.1. The lowest BCUT2D eigenvalue weighted by Gasteiger charge is -2.22. The van der Waals surface area contributed by atoms with E-state index in [-0.39, 0.29) is 31.1 Å². The summed E-state index contributed by atoms with van der Waals surface area (Å²) in [6.07, 6.45) is -1.56. The number of hydrogen-bond acceptors (Lipinski definition) is 6. The van der Waals surface area contributed by atoms with Gasteiger partial charge in [-0.15, -0.1) is 0 Å². The quantitative estimate of drug-likeness (QED) is 0.538. The summed E-state index contributed by atoms with van der Waals surface area (Å²) < 4.78 is 22.9. The molecule has 0 spiro atoms. The van der Waals surface area contributed by atoms with E-state index < -0.39 is 28.6 Å². The second-order valence-corrected chi connectivity index (χ2v) is 5.72. The lowest BCUT2D eigenvalue weighted by atomic mass is 10.1. The fourth-order valence-corrected chi connectivity index (χ4v) is 2.46. The number of rotatable bonds is 7. The minimum absolute atomic E-state index is 0.000912. The number of nitrogens with zero attached hydrogens (tertiary/aromatic N) is 2. The molecule has 154 valence electrons. The van der Waals surface area contributed by atoms with Crippen molar-refractivity contribution in [3.63, 3.8) is 0 Å². The Morgan fingerprint density at radius 3 is 2.34 bits per heavy atom. The summed E-state index contributed by atoms with van der Waals surface area (Å²) in [6, 6.07) is 9.33. The smallest absolute Gasteiger partial charge is 0.414 e. The molecular weight excluding hydrogens is 385 g/mol. The van der Waals surface area contributed by atoms with Crippen LogP contribution in [0.4, 0.5) is 31.0 Å². The van der Waals surface area contributed by atoms with Gasteiger partial charge in [0.05, 0.1) is 30.4 Å². The van der Waals surface area contributed by atoms with Gasteiger partial charge in [-0.2, -0.15) is 0 Å². The Morgan fingerprint density at radius 1 is 1.10 bits per heavy atom. The summed E-state index contributed by atoms with van der Waals surface area (Å²) in [4.78, 5) is 36.0. The van der Waals surface area contributed by atoms with Gasteiger partial charge >= 0.3 is 12.2 Å². The molecule has 1 N–H and O–H groups in total. The molecule has 2 aromatic carbocycles. The summed E-state index contributed by atoms with van der Waals surface area (Å²) in [5.41, 5.74) is 0.261. The van der Waals surface area contributed by atoms with Crippen molar-refractivity contribution in [3.8, 4) is 0 Å². The average Bonchev–Trinajstić information content (AvgIpc) is 2.68. The minimum atomic E-state index is -0.836. The normalized spacial score (nSPS) is 10.2. The van der Waals surface area contributed by atoms with E-state index in [2.05, 4.69) is 5.32 Å². The molecule has 0 atom stereocenters. The zero-order chi connectivity index (χ0) is 21.4. The molecular formula is C19H20FN3O6. The lowest BCUT2D eigenvalue weighted by molar-refractivity contribution is -0.383. The van der Waals surface area contributed by atoms with Crippen LogP contribution in [0, 0.1) is 15.9 Å². The zero-order valence-corrected chi connectivity index (χ0v) is 15.9. The van der Waals surface area contributed by atoms with E-state index in [0.717, 1.165) is 6.07 Å². The molecule has 2 aromatic rings. The standard InChI is InChI=1S/C19H20FN3O6/c1-3-28-18(24)21-16-10-9-15(11-17(16)23(26)27)22(19(25)29-4-2)12-13-5-7-14(20)8-6-13/h5-11H,3-4,12H2,1-2H3,(H,21,24). The van der Waals surface area contributed by atoms with Crippen molar-refractivity contribution >= 4 is 29.2 Å². The van der Waals surface area contributed by atoms with Gasteiger partial charge in [0.25, 0.3) is 5.69 Å². The highest BCUT2D eigenvalue weighted by Gasteiger charge is 2.23. The predicted octanol–water partition coefficient (Wildman–Crippen LogP) is 4.47. The summed E-state index contributed by atoms with van der Waals surface area (Å²) in [7, 11) is 0.